The third-order valence-electron chi connectivity index (χ3n) is 3.53. The standard InChI is InChI=1S/C14H18O5/c1-16-14-10(15)7-11-12(19-14)8-17-13(18-11)9-5-3-2-4-6-9/h2-6,10-15H,7-8H2,1H3. The second-order valence-electron chi connectivity index (χ2n) is 4.83. The van der Waals surface area contributed by atoms with Gasteiger partial charge in [0.2, 0.25) is 0 Å². The van der Waals surface area contributed by atoms with Gasteiger partial charge in [0.1, 0.15) is 12.2 Å². The van der Waals surface area contributed by atoms with E-state index in [1.165, 1.54) is 7.11 Å². The Morgan fingerprint density at radius 3 is 2.68 bits per heavy atom. The molecule has 5 unspecified atom stereocenters. The van der Waals surface area contributed by atoms with Crippen molar-refractivity contribution in [3.05, 3.63) is 35.9 Å². The molecular formula is C14H18O5. The van der Waals surface area contributed by atoms with Gasteiger partial charge in [-0.1, -0.05) is 30.3 Å². The van der Waals surface area contributed by atoms with E-state index < -0.39 is 18.7 Å². The molecule has 5 heteroatoms. The van der Waals surface area contributed by atoms with Crippen molar-refractivity contribution < 1.29 is 24.1 Å². The van der Waals surface area contributed by atoms with Gasteiger partial charge in [0, 0.05) is 19.1 Å². The number of ether oxygens (including phenoxy) is 4. The van der Waals surface area contributed by atoms with Crippen LogP contribution in [0.5, 0.6) is 0 Å². The van der Waals surface area contributed by atoms with Gasteiger partial charge < -0.3 is 24.1 Å². The van der Waals surface area contributed by atoms with E-state index in [0.29, 0.717) is 13.0 Å². The maximum absolute atomic E-state index is 9.89. The summed E-state index contributed by atoms with van der Waals surface area (Å²) in [6.45, 7) is 0.441. The Morgan fingerprint density at radius 1 is 1.16 bits per heavy atom. The highest BCUT2D eigenvalue weighted by molar-refractivity contribution is 5.16. The van der Waals surface area contributed by atoms with Crippen LogP contribution in [0, 0.1) is 0 Å². The number of aliphatic hydroxyl groups excluding tert-OH is 1. The number of fused-ring (bicyclic) bond motifs is 1. The van der Waals surface area contributed by atoms with Crippen molar-refractivity contribution in [1.29, 1.82) is 0 Å². The summed E-state index contributed by atoms with van der Waals surface area (Å²) in [7, 11) is 1.52. The molecule has 5 nitrogen and oxygen atoms in total. The lowest BCUT2D eigenvalue weighted by atomic mass is 10.0. The summed E-state index contributed by atoms with van der Waals surface area (Å²) in [4.78, 5) is 0. The van der Waals surface area contributed by atoms with Crippen LogP contribution in [-0.4, -0.2) is 43.4 Å². The van der Waals surface area contributed by atoms with Crippen LogP contribution in [0.15, 0.2) is 30.3 Å². The minimum atomic E-state index is -0.666. The largest absolute Gasteiger partial charge is 0.388 e. The molecule has 2 heterocycles. The zero-order valence-electron chi connectivity index (χ0n) is 10.8. The minimum Gasteiger partial charge on any atom is -0.388 e. The Morgan fingerprint density at radius 2 is 1.95 bits per heavy atom. The van der Waals surface area contributed by atoms with Crippen LogP contribution in [0.3, 0.4) is 0 Å². The quantitative estimate of drug-likeness (QED) is 0.872. The van der Waals surface area contributed by atoms with E-state index in [1.807, 2.05) is 30.3 Å². The van der Waals surface area contributed by atoms with Crippen molar-refractivity contribution >= 4 is 0 Å². The fourth-order valence-electron chi connectivity index (χ4n) is 2.52. The Labute approximate surface area is 112 Å². The molecule has 0 amide bonds. The molecule has 2 fully saturated rings. The Kier molecular flexibility index (Phi) is 3.81. The zero-order valence-corrected chi connectivity index (χ0v) is 10.8. The Bertz CT molecular complexity index is 410. The molecule has 0 bridgehead atoms. The summed E-state index contributed by atoms with van der Waals surface area (Å²) in [6.07, 6.45) is -1.51. The highest BCUT2D eigenvalue weighted by Gasteiger charge is 2.42. The summed E-state index contributed by atoms with van der Waals surface area (Å²) in [5.41, 5.74) is 0.976. The van der Waals surface area contributed by atoms with Gasteiger partial charge in [-0.15, -0.1) is 0 Å². The second-order valence-corrected chi connectivity index (χ2v) is 4.83. The molecule has 0 radical (unpaired) electrons. The number of hydrogen-bond acceptors (Lipinski definition) is 5. The van der Waals surface area contributed by atoms with Gasteiger partial charge in [0.25, 0.3) is 0 Å². The lowest BCUT2D eigenvalue weighted by Gasteiger charge is -2.43. The lowest BCUT2D eigenvalue weighted by molar-refractivity contribution is -0.333. The Hall–Kier alpha value is -0.980. The SMILES string of the molecule is COC1OC2COC(c3ccccc3)OC2CC1O. The van der Waals surface area contributed by atoms with Crippen LogP contribution < -0.4 is 0 Å². The van der Waals surface area contributed by atoms with E-state index in [9.17, 15) is 5.11 Å². The van der Waals surface area contributed by atoms with Crippen LogP contribution >= 0.6 is 0 Å². The molecule has 2 aliphatic rings. The molecule has 0 aromatic heterocycles. The van der Waals surface area contributed by atoms with Crippen molar-refractivity contribution in [3.63, 3.8) is 0 Å². The normalized spacial score (nSPS) is 38.7. The van der Waals surface area contributed by atoms with E-state index >= 15 is 0 Å². The summed E-state index contributed by atoms with van der Waals surface area (Å²) in [5.74, 6) is 0. The van der Waals surface area contributed by atoms with Gasteiger partial charge in [-0.05, 0) is 0 Å². The molecule has 2 saturated heterocycles. The first kappa shape index (κ1) is 13.0. The molecule has 0 aliphatic carbocycles. The number of benzene rings is 1. The number of methoxy groups -OCH3 is 1. The summed E-state index contributed by atoms with van der Waals surface area (Å²) in [6, 6.07) is 9.76. The van der Waals surface area contributed by atoms with Gasteiger partial charge >= 0.3 is 0 Å². The molecule has 0 spiro atoms. The second kappa shape index (κ2) is 5.56. The number of hydrogen-bond donors (Lipinski definition) is 1. The van der Waals surface area contributed by atoms with E-state index in [1.54, 1.807) is 0 Å². The molecule has 3 rings (SSSR count). The van der Waals surface area contributed by atoms with Gasteiger partial charge in [-0.3, -0.25) is 0 Å². The Balaban J connectivity index is 1.68. The monoisotopic (exact) mass is 266 g/mol. The van der Waals surface area contributed by atoms with Crippen molar-refractivity contribution in [3.8, 4) is 0 Å². The van der Waals surface area contributed by atoms with Crippen molar-refractivity contribution in [1.82, 2.24) is 0 Å². The first-order valence-corrected chi connectivity index (χ1v) is 6.46. The van der Waals surface area contributed by atoms with Crippen LogP contribution in [0.25, 0.3) is 0 Å². The van der Waals surface area contributed by atoms with E-state index in [-0.39, 0.29) is 12.2 Å². The van der Waals surface area contributed by atoms with Gasteiger partial charge in [0.05, 0.1) is 12.7 Å². The molecular weight excluding hydrogens is 248 g/mol. The van der Waals surface area contributed by atoms with Crippen molar-refractivity contribution in [2.24, 2.45) is 0 Å². The highest BCUT2D eigenvalue weighted by Crippen LogP contribution is 2.33. The molecule has 1 aromatic rings. The third-order valence-corrected chi connectivity index (χ3v) is 3.53. The molecule has 1 N–H and O–H groups in total. The predicted octanol–water partition coefficient (Wildman–Crippen LogP) is 1.22. The smallest absolute Gasteiger partial charge is 0.184 e. The predicted molar refractivity (Wildman–Crippen MR) is 66.3 cm³/mol. The van der Waals surface area contributed by atoms with E-state index in [4.69, 9.17) is 18.9 Å². The van der Waals surface area contributed by atoms with Gasteiger partial charge in [-0.2, -0.15) is 0 Å². The fourth-order valence-corrected chi connectivity index (χ4v) is 2.52. The van der Waals surface area contributed by atoms with Crippen LogP contribution in [0.1, 0.15) is 18.3 Å². The topological polar surface area (TPSA) is 57.2 Å². The summed E-state index contributed by atoms with van der Waals surface area (Å²) >= 11 is 0. The van der Waals surface area contributed by atoms with E-state index in [0.717, 1.165) is 5.56 Å². The van der Waals surface area contributed by atoms with Crippen LogP contribution in [-0.2, 0) is 18.9 Å². The molecule has 5 atom stereocenters. The maximum atomic E-state index is 9.89. The van der Waals surface area contributed by atoms with Gasteiger partial charge in [0.15, 0.2) is 12.6 Å². The first-order chi connectivity index (χ1) is 9.28. The molecule has 1 aromatic carbocycles. The van der Waals surface area contributed by atoms with E-state index in [2.05, 4.69) is 0 Å². The minimum absolute atomic E-state index is 0.166. The van der Waals surface area contributed by atoms with Gasteiger partial charge in [-0.25, -0.2) is 0 Å². The fraction of sp³-hybridized carbons (Fsp3) is 0.571. The molecule has 2 aliphatic heterocycles. The number of rotatable bonds is 2. The summed E-state index contributed by atoms with van der Waals surface area (Å²) < 4.78 is 22.2. The molecule has 19 heavy (non-hydrogen) atoms. The summed E-state index contributed by atoms with van der Waals surface area (Å²) in [5, 5.41) is 9.89. The number of aliphatic hydroxyl groups is 1. The average molecular weight is 266 g/mol. The van der Waals surface area contributed by atoms with Crippen LogP contribution in [0.2, 0.25) is 0 Å². The third kappa shape index (κ3) is 2.66. The first-order valence-electron chi connectivity index (χ1n) is 6.46. The van der Waals surface area contributed by atoms with Crippen molar-refractivity contribution in [2.45, 2.75) is 37.3 Å². The highest BCUT2D eigenvalue weighted by atomic mass is 16.7. The maximum Gasteiger partial charge on any atom is 0.184 e. The molecule has 104 valence electrons. The van der Waals surface area contributed by atoms with Crippen LogP contribution in [0.4, 0.5) is 0 Å². The lowest BCUT2D eigenvalue weighted by Crippen LogP contribution is -2.53. The van der Waals surface area contributed by atoms with Crippen molar-refractivity contribution in [2.75, 3.05) is 13.7 Å². The zero-order chi connectivity index (χ0) is 13.2. The molecule has 0 saturated carbocycles. The average Bonchev–Trinajstić information content (AvgIpc) is 2.47.